The zero-order valence-electron chi connectivity index (χ0n) is 10.8. The second-order valence-corrected chi connectivity index (χ2v) is 5.12. The molecule has 0 aliphatic carbocycles. The lowest BCUT2D eigenvalue weighted by Crippen LogP contribution is -2.68. The van der Waals surface area contributed by atoms with Gasteiger partial charge >= 0.3 is 0 Å². The van der Waals surface area contributed by atoms with E-state index >= 15 is 0 Å². The third-order valence-electron chi connectivity index (χ3n) is 3.28. The van der Waals surface area contributed by atoms with Gasteiger partial charge in [-0.05, 0) is 19.8 Å². The van der Waals surface area contributed by atoms with Crippen LogP contribution in [0, 0.1) is 0 Å². The van der Waals surface area contributed by atoms with E-state index in [1.807, 2.05) is 0 Å². The fraction of sp³-hybridized carbons (Fsp3) is 0.917. The zero-order valence-corrected chi connectivity index (χ0v) is 10.8. The smallest absolute Gasteiger partial charge is 0.234 e. The van der Waals surface area contributed by atoms with Crippen molar-refractivity contribution in [3.63, 3.8) is 0 Å². The number of nitrogens with zero attached hydrogens (tertiary/aromatic N) is 1. The van der Waals surface area contributed by atoms with E-state index in [0.29, 0.717) is 6.54 Å². The molecule has 0 aromatic carbocycles. The van der Waals surface area contributed by atoms with Crippen LogP contribution in [0.15, 0.2) is 0 Å². The molecule has 0 aromatic rings. The molecule has 1 saturated heterocycles. The molecule has 0 saturated carbocycles. The third-order valence-corrected chi connectivity index (χ3v) is 3.28. The summed E-state index contributed by atoms with van der Waals surface area (Å²) in [6.07, 6.45) is 3.13. The van der Waals surface area contributed by atoms with Crippen molar-refractivity contribution < 1.29 is 4.79 Å². The van der Waals surface area contributed by atoms with Crippen molar-refractivity contribution in [2.75, 3.05) is 19.6 Å². The Kier molecular flexibility index (Phi) is 4.74. The second kappa shape index (κ2) is 5.64. The zero-order chi connectivity index (χ0) is 12.2. The number of hydrogen-bond acceptors (Lipinski definition) is 3. The van der Waals surface area contributed by atoms with Gasteiger partial charge in [-0.25, -0.2) is 0 Å². The van der Waals surface area contributed by atoms with Crippen LogP contribution in [0.5, 0.6) is 0 Å². The lowest BCUT2D eigenvalue weighted by atomic mass is 9.88. The van der Waals surface area contributed by atoms with Crippen molar-refractivity contribution in [1.29, 1.82) is 0 Å². The molecule has 1 aliphatic heterocycles. The molecular formula is C12H25N3O. The fourth-order valence-corrected chi connectivity index (χ4v) is 2.21. The van der Waals surface area contributed by atoms with Gasteiger partial charge in [-0.3, -0.25) is 9.69 Å². The van der Waals surface area contributed by atoms with Gasteiger partial charge in [-0.15, -0.1) is 0 Å². The van der Waals surface area contributed by atoms with Crippen LogP contribution >= 0.6 is 0 Å². The molecule has 0 spiro atoms. The Bertz CT molecular complexity index is 236. The van der Waals surface area contributed by atoms with Crippen LogP contribution in [0.2, 0.25) is 0 Å². The van der Waals surface area contributed by atoms with E-state index in [1.165, 1.54) is 0 Å². The van der Waals surface area contributed by atoms with Crippen molar-refractivity contribution in [1.82, 2.24) is 10.2 Å². The summed E-state index contributed by atoms with van der Waals surface area (Å²) in [7, 11) is 0. The lowest BCUT2D eigenvalue weighted by molar-refractivity contribution is -0.124. The number of nitrogens with two attached hydrogens (primary N) is 1. The Morgan fingerprint density at radius 1 is 1.50 bits per heavy atom. The number of amides is 1. The minimum absolute atomic E-state index is 0.0463. The summed E-state index contributed by atoms with van der Waals surface area (Å²) in [6, 6.07) is 0.285. The molecule has 4 nitrogen and oxygen atoms in total. The minimum Gasteiger partial charge on any atom is -0.353 e. The Labute approximate surface area is 98.6 Å². The van der Waals surface area contributed by atoms with Gasteiger partial charge in [0.15, 0.2) is 0 Å². The summed E-state index contributed by atoms with van der Waals surface area (Å²) in [6.45, 7) is 8.46. The molecule has 0 radical (unpaired) electrons. The van der Waals surface area contributed by atoms with E-state index in [4.69, 9.17) is 5.73 Å². The summed E-state index contributed by atoms with van der Waals surface area (Å²) < 4.78 is 0. The first-order chi connectivity index (χ1) is 7.49. The topological polar surface area (TPSA) is 58.4 Å². The summed E-state index contributed by atoms with van der Waals surface area (Å²) in [4.78, 5) is 13.7. The van der Waals surface area contributed by atoms with E-state index in [1.54, 1.807) is 0 Å². The highest BCUT2D eigenvalue weighted by atomic mass is 16.2. The Balaban J connectivity index is 2.17. The van der Waals surface area contributed by atoms with Gasteiger partial charge in [0.2, 0.25) is 5.91 Å². The molecule has 0 aromatic heterocycles. The standard InChI is InChI=1S/C12H25N3O/c1-4-6-10(3)14-11(16)7-15-8-12(13,5-2)9-15/h10H,4-9,13H2,1-3H3,(H,14,16). The van der Waals surface area contributed by atoms with Crippen molar-refractivity contribution in [3.05, 3.63) is 0 Å². The normalized spacial score (nSPS) is 21.2. The lowest BCUT2D eigenvalue weighted by Gasteiger charge is -2.47. The van der Waals surface area contributed by atoms with Gasteiger partial charge in [0.1, 0.15) is 0 Å². The van der Waals surface area contributed by atoms with Gasteiger partial charge in [-0.2, -0.15) is 0 Å². The van der Waals surface area contributed by atoms with Crippen molar-refractivity contribution in [2.45, 2.75) is 51.6 Å². The molecule has 1 fully saturated rings. The summed E-state index contributed by atoms with van der Waals surface area (Å²) in [5, 5.41) is 3.00. The van der Waals surface area contributed by atoms with Crippen LogP contribution in [0.4, 0.5) is 0 Å². The van der Waals surface area contributed by atoms with Gasteiger partial charge < -0.3 is 11.1 Å². The van der Waals surface area contributed by atoms with Gasteiger partial charge in [0.05, 0.1) is 6.54 Å². The highest BCUT2D eigenvalue weighted by Crippen LogP contribution is 2.20. The third kappa shape index (κ3) is 3.76. The summed E-state index contributed by atoms with van der Waals surface area (Å²) >= 11 is 0. The first-order valence-electron chi connectivity index (χ1n) is 6.29. The maximum atomic E-state index is 11.6. The largest absolute Gasteiger partial charge is 0.353 e. The molecule has 1 atom stereocenters. The first kappa shape index (κ1) is 13.5. The Morgan fingerprint density at radius 3 is 2.62 bits per heavy atom. The van der Waals surface area contributed by atoms with E-state index in [0.717, 1.165) is 32.4 Å². The number of carbonyl (C=O) groups is 1. The molecule has 1 unspecified atom stereocenters. The van der Waals surface area contributed by atoms with Crippen LogP contribution in [0.1, 0.15) is 40.0 Å². The van der Waals surface area contributed by atoms with Crippen LogP contribution in [-0.4, -0.2) is 42.0 Å². The molecule has 0 bridgehead atoms. The number of likely N-dealkylation sites (tertiary alicyclic amines) is 1. The Hall–Kier alpha value is -0.610. The van der Waals surface area contributed by atoms with Crippen LogP contribution < -0.4 is 11.1 Å². The number of carbonyl (C=O) groups excluding carboxylic acids is 1. The van der Waals surface area contributed by atoms with Crippen molar-refractivity contribution in [2.24, 2.45) is 5.73 Å². The van der Waals surface area contributed by atoms with Crippen molar-refractivity contribution >= 4 is 5.91 Å². The number of rotatable bonds is 6. The van der Waals surface area contributed by atoms with Crippen molar-refractivity contribution in [3.8, 4) is 0 Å². The minimum atomic E-state index is -0.0463. The predicted molar refractivity (Wildman–Crippen MR) is 66.2 cm³/mol. The molecule has 4 heteroatoms. The summed E-state index contributed by atoms with van der Waals surface area (Å²) in [5.74, 6) is 0.124. The molecule has 1 rings (SSSR count). The highest BCUT2D eigenvalue weighted by Gasteiger charge is 2.38. The second-order valence-electron chi connectivity index (χ2n) is 5.12. The number of nitrogens with one attached hydrogen (secondary N) is 1. The van der Waals surface area contributed by atoms with E-state index < -0.39 is 0 Å². The first-order valence-corrected chi connectivity index (χ1v) is 6.29. The highest BCUT2D eigenvalue weighted by molar-refractivity contribution is 5.78. The average Bonchev–Trinajstić information content (AvgIpc) is 2.15. The summed E-state index contributed by atoms with van der Waals surface area (Å²) in [5.41, 5.74) is 6.00. The molecular weight excluding hydrogens is 202 g/mol. The van der Waals surface area contributed by atoms with E-state index in [9.17, 15) is 4.79 Å². The quantitative estimate of drug-likeness (QED) is 0.703. The van der Waals surface area contributed by atoms with Gasteiger partial charge in [0.25, 0.3) is 0 Å². The van der Waals surface area contributed by atoms with Crippen LogP contribution in [0.3, 0.4) is 0 Å². The van der Waals surface area contributed by atoms with Crippen LogP contribution in [0.25, 0.3) is 0 Å². The maximum absolute atomic E-state index is 11.6. The van der Waals surface area contributed by atoms with Gasteiger partial charge in [0, 0.05) is 24.7 Å². The number of hydrogen-bond donors (Lipinski definition) is 2. The monoisotopic (exact) mass is 227 g/mol. The SMILES string of the molecule is CCCC(C)NC(=O)CN1CC(N)(CC)C1. The van der Waals surface area contributed by atoms with E-state index in [2.05, 4.69) is 31.0 Å². The average molecular weight is 227 g/mol. The predicted octanol–water partition coefficient (Wildman–Crippen LogP) is 0.714. The van der Waals surface area contributed by atoms with Gasteiger partial charge in [-0.1, -0.05) is 20.3 Å². The van der Waals surface area contributed by atoms with E-state index in [-0.39, 0.29) is 17.5 Å². The maximum Gasteiger partial charge on any atom is 0.234 e. The Morgan fingerprint density at radius 2 is 2.12 bits per heavy atom. The molecule has 3 N–H and O–H groups in total. The molecule has 16 heavy (non-hydrogen) atoms. The van der Waals surface area contributed by atoms with Crippen LogP contribution in [-0.2, 0) is 4.79 Å². The molecule has 94 valence electrons. The molecule has 1 heterocycles. The fourth-order valence-electron chi connectivity index (χ4n) is 2.21. The molecule has 1 aliphatic rings. The molecule has 1 amide bonds.